The second-order valence-electron chi connectivity index (χ2n) is 5.79. The molecular formula is C19H21FN2O2S. The molecule has 2 rings (SSSR count). The average Bonchev–Trinajstić information content (AvgIpc) is 3.06. The van der Waals surface area contributed by atoms with Crippen LogP contribution in [0.1, 0.15) is 25.1 Å². The van der Waals surface area contributed by atoms with Crippen LogP contribution >= 0.6 is 11.3 Å². The zero-order chi connectivity index (χ0) is 18.4. The molecule has 0 bridgehead atoms. The van der Waals surface area contributed by atoms with Crippen LogP contribution < -0.4 is 11.1 Å². The summed E-state index contributed by atoms with van der Waals surface area (Å²) in [6, 6.07) is 9.48. The third-order valence-electron chi connectivity index (χ3n) is 3.98. The first-order chi connectivity index (χ1) is 11.9. The maximum absolute atomic E-state index is 13.8. The fourth-order valence-corrected chi connectivity index (χ4v) is 3.27. The Morgan fingerprint density at radius 3 is 2.64 bits per heavy atom. The number of benzene rings is 1. The van der Waals surface area contributed by atoms with E-state index < -0.39 is 11.9 Å². The van der Waals surface area contributed by atoms with E-state index in [0.29, 0.717) is 5.56 Å². The molecule has 2 aromatic rings. The van der Waals surface area contributed by atoms with Gasteiger partial charge in [-0.15, -0.1) is 11.3 Å². The van der Waals surface area contributed by atoms with Gasteiger partial charge in [-0.2, -0.15) is 0 Å². The molecule has 132 valence electrons. The molecule has 0 saturated carbocycles. The van der Waals surface area contributed by atoms with Gasteiger partial charge in [-0.3, -0.25) is 9.59 Å². The number of amides is 2. The van der Waals surface area contributed by atoms with Crippen molar-refractivity contribution in [2.75, 3.05) is 0 Å². The van der Waals surface area contributed by atoms with Gasteiger partial charge in [0, 0.05) is 21.4 Å². The summed E-state index contributed by atoms with van der Waals surface area (Å²) in [5.74, 6) is -1.25. The first-order valence-electron chi connectivity index (χ1n) is 8.05. The lowest BCUT2D eigenvalue weighted by Crippen LogP contribution is -2.47. The first kappa shape index (κ1) is 18.9. The second-order valence-corrected chi connectivity index (χ2v) is 6.90. The molecule has 2 unspecified atom stereocenters. The van der Waals surface area contributed by atoms with Gasteiger partial charge >= 0.3 is 0 Å². The van der Waals surface area contributed by atoms with Crippen molar-refractivity contribution in [3.8, 4) is 10.4 Å². The van der Waals surface area contributed by atoms with Crippen molar-refractivity contribution in [3.05, 3.63) is 53.2 Å². The van der Waals surface area contributed by atoms with Gasteiger partial charge in [-0.05, 0) is 30.2 Å². The predicted octanol–water partition coefficient (Wildman–Crippen LogP) is 3.58. The lowest BCUT2D eigenvalue weighted by atomic mass is 9.98. The minimum Gasteiger partial charge on any atom is -0.368 e. The van der Waals surface area contributed by atoms with Crippen LogP contribution in [0.5, 0.6) is 0 Å². The van der Waals surface area contributed by atoms with Crippen LogP contribution in [0.4, 0.5) is 4.39 Å². The number of nitrogens with two attached hydrogens (primary N) is 1. The molecule has 0 fully saturated rings. The molecule has 25 heavy (non-hydrogen) atoms. The predicted molar refractivity (Wildman–Crippen MR) is 99.3 cm³/mol. The molecule has 0 aliphatic carbocycles. The zero-order valence-electron chi connectivity index (χ0n) is 14.2. The van der Waals surface area contributed by atoms with Crippen molar-refractivity contribution in [1.82, 2.24) is 5.32 Å². The van der Waals surface area contributed by atoms with Crippen LogP contribution in [0, 0.1) is 11.7 Å². The zero-order valence-corrected chi connectivity index (χ0v) is 15.0. The summed E-state index contributed by atoms with van der Waals surface area (Å²) in [7, 11) is 0. The van der Waals surface area contributed by atoms with Crippen molar-refractivity contribution < 1.29 is 14.0 Å². The normalized spacial score (nSPS) is 13.6. The summed E-state index contributed by atoms with van der Waals surface area (Å²) in [5, 5.41) is 2.63. The number of hydrogen-bond acceptors (Lipinski definition) is 3. The van der Waals surface area contributed by atoms with Crippen molar-refractivity contribution >= 4 is 29.2 Å². The molecular weight excluding hydrogens is 339 g/mol. The topological polar surface area (TPSA) is 72.2 Å². The Morgan fingerprint density at radius 2 is 2.00 bits per heavy atom. The minimum absolute atomic E-state index is 0.0377. The molecule has 6 heteroatoms. The summed E-state index contributed by atoms with van der Waals surface area (Å²) in [4.78, 5) is 25.1. The van der Waals surface area contributed by atoms with E-state index in [1.165, 1.54) is 23.5 Å². The van der Waals surface area contributed by atoms with E-state index in [9.17, 15) is 14.0 Å². The van der Waals surface area contributed by atoms with Crippen LogP contribution in [0.25, 0.3) is 16.5 Å². The van der Waals surface area contributed by atoms with Gasteiger partial charge in [-0.1, -0.05) is 38.5 Å². The van der Waals surface area contributed by atoms with E-state index in [1.807, 2.05) is 26.0 Å². The highest BCUT2D eigenvalue weighted by atomic mass is 32.1. The second kappa shape index (κ2) is 8.58. The Morgan fingerprint density at radius 1 is 1.28 bits per heavy atom. The lowest BCUT2D eigenvalue weighted by Gasteiger charge is -2.20. The monoisotopic (exact) mass is 360 g/mol. The number of hydrogen-bond donors (Lipinski definition) is 2. The highest BCUT2D eigenvalue weighted by Gasteiger charge is 2.22. The third kappa shape index (κ3) is 5.00. The number of carbonyl (C=O) groups excluding carboxylic acids is 2. The fraction of sp³-hybridized carbons (Fsp3) is 0.263. The van der Waals surface area contributed by atoms with Crippen LogP contribution in [0.2, 0.25) is 0 Å². The Bertz CT molecular complexity index is 785. The summed E-state index contributed by atoms with van der Waals surface area (Å²) in [5.41, 5.74) is 5.87. The Kier molecular flexibility index (Phi) is 6.47. The van der Waals surface area contributed by atoms with Crippen molar-refractivity contribution in [3.63, 3.8) is 0 Å². The molecule has 2 amide bonds. The molecule has 0 aliphatic rings. The molecule has 1 aromatic carbocycles. The molecule has 4 nitrogen and oxygen atoms in total. The van der Waals surface area contributed by atoms with Crippen LogP contribution in [-0.4, -0.2) is 17.9 Å². The molecule has 1 aromatic heterocycles. The molecule has 2 atom stereocenters. The fourth-order valence-electron chi connectivity index (χ4n) is 2.34. The van der Waals surface area contributed by atoms with Crippen LogP contribution in [0.3, 0.4) is 0 Å². The quantitative estimate of drug-likeness (QED) is 0.741. The number of halogens is 1. The van der Waals surface area contributed by atoms with E-state index in [4.69, 9.17) is 5.73 Å². The maximum atomic E-state index is 13.8. The standard InChI is InChI=1S/C19H21FN2O2S/c1-3-12(2)18(19(21)24)22-17(23)11-9-13-8-10-16(25-13)14-6-4-5-7-15(14)20/h4-12,18H,3H2,1-2H3,(H2,21,24)(H,22,23)/b11-9+. The minimum atomic E-state index is -0.695. The van der Waals surface area contributed by atoms with Gasteiger partial charge in [0.05, 0.1) is 0 Å². The van der Waals surface area contributed by atoms with Crippen molar-refractivity contribution in [2.24, 2.45) is 11.7 Å². The lowest BCUT2D eigenvalue weighted by molar-refractivity contribution is -0.126. The van der Waals surface area contributed by atoms with Gasteiger partial charge in [0.1, 0.15) is 11.9 Å². The highest BCUT2D eigenvalue weighted by Crippen LogP contribution is 2.30. The number of rotatable bonds is 7. The Balaban J connectivity index is 2.06. The third-order valence-corrected chi connectivity index (χ3v) is 5.07. The van der Waals surface area contributed by atoms with E-state index >= 15 is 0 Å². The highest BCUT2D eigenvalue weighted by molar-refractivity contribution is 7.16. The Hall–Kier alpha value is -2.47. The van der Waals surface area contributed by atoms with E-state index in [2.05, 4.69) is 5.32 Å². The largest absolute Gasteiger partial charge is 0.368 e. The SMILES string of the molecule is CCC(C)C(NC(=O)/C=C/c1ccc(-c2ccccc2F)s1)C(N)=O. The summed E-state index contributed by atoms with van der Waals surface area (Å²) in [6.07, 6.45) is 3.73. The summed E-state index contributed by atoms with van der Waals surface area (Å²) < 4.78 is 13.8. The number of primary amides is 1. The van der Waals surface area contributed by atoms with Crippen LogP contribution in [0.15, 0.2) is 42.5 Å². The van der Waals surface area contributed by atoms with Crippen LogP contribution in [-0.2, 0) is 9.59 Å². The van der Waals surface area contributed by atoms with Gasteiger partial charge in [0.15, 0.2) is 0 Å². The van der Waals surface area contributed by atoms with Gasteiger partial charge in [0.2, 0.25) is 11.8 Å². The van der Waals surface area contributed by atoms with Gasteiger partial charge in [-0.25, -0.2) is 4.39 Å². The smallest absolute Gasteiger partial charge is 0.244 e. The van der Waals surface area contributed by atoms with Crippen molar-refractivity contribution in [2.45, 2.75) is 26.3 Å². The molecule has 3 N–H and O–H groups in total. The number of thiophene rings is 1. The number of nitrogens with one attached hydrogen (secondary N) is 1. The summed E-state index contributed by atoms with van der Waals surface area (Å²) in [6.45, 7) is 3.79. The van der Waals surface area contributed by atoms with Crippen molar-refractivity contribution in [1.29, 1.82) is 0 Å². The van der Waals surface area contributed by atoms with E-state index in [-0.39, 0.29) is 17.6 Å². The van der Waals surface area contributed by atoms with E-state index in [0.717, 1.165) is 16.2 Å². The Labute approximate surface area is 150 Å². The molecule has 0 aliphatic heterocycles. The van der Waals surface area contributed by atoms with Gasteiger partial charge in [0.25, 0.3) is 0 Å². The molecule has 1 heterocycles. The maximum Gasteiger partial charge on any atom is 0.244 e. The molecule has 0 saturated heterocycles. The van der Waals surface area contributed by atoms with Gasteiger partial charge < -0.3 is 11.1 Å². The van der Waals surface area contributed by atoms with E-state index in [1.54, 1.807) is 24.3 Å². The first-order valence-corrected chi connectivity index (χ1v) is 8.86. The summed E-state index contributed by atoms with van der Waals surface area (Å²) >= 11 is 1.38. The number of carbonyl (C=O) groups is 2. The molecule has 0 spiro atoms. The average molecular weight is 360 g/mol. The molecule has 0 radical (unpaired) electrons.